The molecule has 0 aromatic heterocycles. The molecule has 8 nitrogen and oxygen atoms in total. The second-order valence-corrected chi connectivity index (χ2v) is 7.34. The smallest absolute Gasteiger partial charge is 0.298 e. The summed E-state index contributed by atoms with van der Waals surface area (Å²) in [6, 6.07) is 14.1. The number of hydrazine groups is 1. The Morgan fingerprint density at radius 2 is 1.87 bits per heavy atom. The van der Waals surface area contributed by atoms with Gasteiger partial charge in [0.25, 0.3) is 11.8 Å². The minimum absolute atomic E-state index is 0.0633. The van der Waals surface area contributed by atoms with Gasteiger partial charge >= 0.3 is 0 Å². The van der Waals surface area contributed by atoms with E-state index in [1.54, 1.807) is 30.3 Å². The van der Waals surface area contributed by atoms with Crippen molar-refractivity contribution < 1.29 is 24.5 Å². The second kappa shape index (κ2) is 9.73. The molecule has 2 aromatic rings. The topological polar surface area (TPSA) is 120 Å². The van der Waals surface area contributed by atoms with Crippen LogP contribution in [0.5, 0.6) is 5.75 Å². The fourth-order valence-electron chi connectivity index (χ4n) is 2.90. The largest absolute Gasteiger partial charge is 0.500 e. The van der Waals surface area contributed by atoms with Gasteiger partial charge in [-0.2, -0.15) is 0 Å². The zero-order valence-electron chi connectivity index (χ0n) is 16.2. The molecule has 0 spiro atoms. The number of carbonyl (C=O) groups is 2. The number of carbonyl (C=O) groups excluding carboxylic acids is 2. The number of aliphatic hydroxyl groups is 2. The van der Waals surface area contributed by atoms with E-state index in [1.807, 2.05) is 30.4 Å². The Kier molecular flexibility index (Phi) is 7.07. The molecule has 2 amide bonds. The van der Waals surface area contributed by atoms with E-state index in [-0.39, 0.29) is 6.04 Å². The maximum atomic E-state index is 11.6. The van der Waals surface area contributed by atoms with Crippen molar-refractivity contribution in [3.05, 3.63) is 76.2 Å². The zero-order chi connectivity index (χ0) is 21.7. The van der Waals surface area contributed by atoms with Gasteiger partial charge in [-0.05, 0) is 48.7 Å². The van der Waals surface area contributed by atoms with Crippen LogP contribution in [0.25, 0.3) is 0 Å². The lowest BCUT2D eigenvalue weighted by molar-refractivity contribution is -0.125. The molecule has 0 aliphatic carbocycles. The Labute approximate surface area is 178 Å². The highest BCUT2D eigenvalue weighted by atomic mass is 35.5. The van der Waals surface area contributed by atoms with Crippen LogP contribution in [0.4, 0.5) is 0 Å². The van der Waals surface area contributed by atoms with Crippen molar-refractivity contribution in [2.45, 2.75) is 25.5 Å². The molecule has 9 heteroatoms. The fraction of sp³-hybridized carbons (Fsp3) is 0.238. The van der Waals surface area contributed by atoms with Crippen molar-refractivity contribution in [3.8, 4) is 5.75 Å². The van der Waals surface area contributed by atoms with Crippen molar-refractivity contribution in [1.29, 1.82) is 0 Å². The molecule has 2 atom stereocenters. The van der Waals surface area contributed by atoms with Crippen molar-refractivity contribution >= 4 is 23.4 Å². The Morgan fingerprint density at radius 3 is 2.50 bits per heavy atom. The molecule has 158 valence electrons. The highest BCUT2D eigenvalue weighted by Crippen LogP contribution is 2.20. The zero-order valence-corrected chi connectivity index (χ0v) is 16.9. The normalized spacial score (nSPS) is 15.8. The van der Waals surface area contributed by atoms with Gasteiger partial charge in [-0.15, -0.1) is 0 Å². The third-order valence-corrected chi connectivity index (χ3v) is 4.66. The van der Waals surface area contributed by atoms with Gasteiger partial charge < -0.3 is 14.9 Å². The second-order valence-electron chi connectivity index (χ2n) is 6.91. The van der Waals surface area contributed by atoms with E-state index in [1.165, 1.54) is 0 Å². The molecule has 3 rings (SSSR count). The predicted molar refractivity (Wildman–Crippen MR) is 111 cm³/mol. The summed E-state index contributed by atoms with van der Waals surface area (Å²) in [6.07, 6.45) is -0.00165. The first-order chi connectivity index (χ1) is 14.3. The van der Waals surface area contributed by atoms with Gasteiger partial charge in [0.2, 0.25) is 11.5 Å². The first-order valence-electron chi connectivity index (χ1n) is 9.31. The molecule has 0 radical (unpaired) electrons. The fourth-order valence-corrected chi connectivity index (χ4v) is 3.10. The van der Waals surface area contributed by atoms with Crippen LogP contribution in [0.15, 0.2) is 60.0 Å². The van der Waals surface area contributed by atoms with Crippen LogP contribution in [-0.2, 0) is 16.0 Å². The summed E-state index contributed by atoms with van der Waals surface area (Å²) in [7, 11) is 0. The number of hydrogen-bond donors (Lipinski definition) is 5. The molecule has 0 saturated carbocycles. The molecule has 0 bridgehead atoms. The van der Waals surface area contributed by atoms with Gasteiger partial charge in [0, 0.05) is 17.6 Å². The van der Waals surface area contributed by atoms with Gasteiger partial charge in [0.15, 0.2) is 0 Å². The maximum absolute atomic E-state index is 11.6. The molecule has 30 heavy (non-hydrogen) atoms. The van der Waals surface area contributed by atoms with E-state index in [2.05, 4.69) is 10.9 Å². The van der Waals surface area contributed by atoms with Crippen LogP contribution >= 0.6 is 11.6 Å². The van der Waals surface area contributed by atoms with E-state index in [0.717, 1.165) is 11.1 Å². The number of nitrogens with one attached hydrogen (secondary N) is 3. The van der Waals surface area contributed by atoms with Crippen LogP contribution in [0.3, 0.4) is 0 Å². The molecular formula is C21H22ClN3O5. The van der Waals surface area contributed by atoms with Crippen LogP contribution in [0.1, 0.15) is 24.2 Å². The van der Waals surface area contributed by atoms with Crippen LogP contribution < -0.4 is 20.9 Å². The van der Waals surface area contributed by atoms with E-state index in [4.69, 9.17) is 16.3 Å². The Hall–Kier alpha value is -2.91. The van der Waals surface area contributed by atoms with Crippen molar-refractivity contribution in [3.63, 3.8) is 0 Å². The molecule has 5 N–H and O–H groups in total. The Balaban J connectivity index is 1.46. The molecule has 1 aliphatic heterocycles. The van der Waals surface area contributed by atoms with Gasteiger partial charge in [-0.25, -0.2) is 0 Å². The third-order valence-electron chi connectivity index (χ3n) is 4.43. The van der Waals surface area contributed by atoms with Gasteiger partial charge in [0.1, 0.15) is 5.75 Å². The predicted octanol–water partition coefficient (Wildman–Crippen LogP) is 1.90. The van der Waals surface area contributed by atoms with Crippen LogP contribution in [-0.4, -0.2) is 34.6 Å². The summed E-state index contributed by atoms with van der Waals surface area (Å²) in [6.45, 7) is 2.30. The summed E-state index contributed by atoms with van der Waals surface area (Å²) in [5, 5.41) is 22.3. The van der Waals surface area contributed by atoms with E-state index in [0.29, 0.717) is 23.7 Å². The highest BCUT2D eigenvalue weighted by molar-refractivity contribution is 6.30. The average Bonchev–Trinajstić information content (AvgIpc) is 2.95. The van der Waals surface area contributed by atoms with Crippen LogP contribution in [0.2, 0.25) is 5.02 Å². The first-order valence-corrected chi connectivity index (χ1v) is 9.69. The SMILES string of the molecule is CC(Cc1ccc(OC2=C(O)C(=O)NC2=O)cc1)NNCC(O)c1cccc(Cl)c1. The number of ether oxygens (including phenoxy) is 1. The molecular weight excluding hydrogens is 410 g/mol. The molecule has 2 aromatic carbocycles. The summed E-state index contributed by atoms with van der Waals surface area (Å²) in [5.41, 5.74) is 7.89. The number of hydrogen-bond acceptors (Lipinski definition) is 7. The maximum Gasteiger partial charge on any atom is 0.298 e. The Morgan fingerprint density at radius 1 is 1.13 bits per heavy atom. The standard InChI is InChI=1S/C21H22ClN3O5/c1-12(25-23-11-17(26)14-3-2-4-15(22)10-14)9-13-5-7-16(8-6-13)30-19-18(27)20(28)24-21(19)29/h2-8,10,12,17,23,25-26H,9,11H2,1H3,(H2,24,27,28,29). The monoisotopic (exact) mass is 431 g/mol. The lowest BCUT2D eigenvalue weighted by atomic mass is 10.1. The number of rotatable bonds is 9. The minimum Gasteiger partial charge on any atom is -0.500 e. The number of imide groups is 1. The summed E-state index contributed by atoms with van der Waals surface area (Å²) in [5.74, 6) is -2.46. The van der Waals surface area contributed by atoms with Crippen molar-refractivity contribution in [2.24, 2.45) is 0 Å². The molecule has 2 unspecified atom stereocenters. The van der Waals surface area contributed by atoms with Gasteiger partial charge in [0.05, 0.1) is 6.10 Å². The molecule has 1 aliphatic rings. The summed E-state index contributed by atoms with van der Waals surface area (Å²) < 4.78 is 5.30. The lowest BCUT2D eigenvalue weighted by Gasteiger charge is -2.18. The summed E-state index contributed by atoms with van der Waals surface area (Å²) >= 11 is 5.94. The van der Waals surface area contributed by atoms with Crippen LogP contribution in [0, 0.1) is 0 Å². The molecule has 0 fully saturated rings. The third kappa shape index (κ3) is 5.58. The van der Waals surface area contributed by atoms with E-state index in [9.17, 15) is 19.8 Å². The highest BCUT2D eigenvalue weighted by Gasteiger charge is 2.32. The number of benzene rings is 2. The first kappa shape index (κ1) is 21.8. The van der Waals surface area contributed by atoms with Gasteiger partial charge in [-0.3, -0.25) is 25.8 Å². The molecule has 1 heterocycles. The van der Waals surface area contributed by atoms with Crippen molar-refractivity contribution in [1.82, 2.24) is 16.2 Å². The number of amides is 2. The van der Waals surface area contributed by atoms with E-state index >= 15 is 0 Å². The molecule has 0 saturated heterocycles. The quantitative estimate of drug-likeness (QED) is 0.304. The average molecular weight is 432 g/mol. The number of aliphatic hydroxyl groups excluding tert-OH is 2. The van der Waals surface area contributed by atoms with E-state index < -0.39 is 29.4 Å². The lowest BCUT2D eigenvalue weighted by Crippen LogP contribution is -2.42. The Bertz CT molecular complexity index is 961. The summed E-state index contributed by atoms with van der Waals surface area (Å²) in [4.78, 5) is 22.8. The minimum atomic E-state index is -0.875. The number of halogens is 1. The van der Waals surface area contributed by atoms with Gasteiger partial charge in [-0.1, -0.05) is 35.9 Å². The van der Waals surface area contributed by atoms with Crippen molar-refractivity contribution in [2.75, 3.05) is 6.54 Å².